The van der Waals surface area contributed by atoms with E-state index in [1.165, 1.54) is 16.7 Å². The molecule has 76 valence electrons. The number of anilines is 1. The van der Waals surface area contributed by atoms with Gasteiger partial charge in [-0.3, -0.25) is 4.79 Å². The van der Waals surface area contributed by atoms with Gasteiger partial charge in [0, 0.05) is 5.69 Å². The molecule has 1 N–H and O–H groups in total. The van der Waals surface area contributed by atoms with E-state index in [-0.39, 0.29) is 5.78 Å². The molecule has 1 aromatic rings. The van der Waals surface area contributed by atoms with Gasteiger partial charge in [0.05, 0.1) is 6.54 Å². The summed E-state index contributed by atoms with van der Waals surface area (Å²) in [5.74, 6) is 0.157. The molecule has 0 unspecified atom stereocenters. The average molecular weight is 191 g/mol. The first kappa shape index (κ1) is 10.8. The number of Topliss-reactive ketones (excluding diaryl/α,β-unsaturated/α-hetero) is 1. The maximum Gasteiger partial charge on any atom is 0.148 e. The second-order valence-electron chi connectivity index (χ2n) is 3.83. The molecule has 0 aliphatic heterocycles. The summed E-state index contributed by atoms with van der Waals surface area (Å²) in [6.07, 6.45) is 0. The number of ketones is 1. The van der Waals surface area contributed by atoms with Crippen LogP contribution in [0.4, 0.5) is 5.69 Å². The van der Waals surface area contributed by atoms with E-state index in [1.54, 1.807) is 6.92 Å². The number of rotatable bonds is 3. The smallest absolute Gasteiger partial charge is 0.148 e. The van der Waals surface area contributed by atoms with E-state index >= 15 is 0 Å². The van der Waals surface area contributed by atoms with Crippen LogP contribution in [-0.4, -0.2) is 12.3 Å². The van der Waals surface area contributed by atoms with Gasteiger partial charge in [0.1, 0.15) is 5.78 Å². The highest BCUT2D eigenvalue weighted by atomic mass is 16.1. The molecule has 2 nitrogen and oxygen atoms in total. The van der Waals surface area contributed by atoms with E-state index in [4.69, 9.17) is 0 Å². The third-order valence-electron chi connectivity index (χ3n) is 2.19. The lowest BCUT2D eigenvalue weighted by atomic mass is 10.1. The zero-order chi connectivity index (χ0) is 10.7. The molecule has 14 heavy (non-hydrogen) atoms. The first-order valence-corrected chi connectivity index (χ1v) is 4.82. The number of carbonyl (C=O) groups is 1. The van der Waals surface area contributed by atoms with Crippen molar-refractivity contribution in [2.24, 2.45) is 0 Å². The topological polar surface area (TPSA) is 29.1 Å². The fourth-order valence-electron chi connectivity index (χ4n) is 1.67. The minimum atomic E-state index is 0.157. The normalized spacial score (nSPS) is 10.0. The molecular formula is C12H17NO. The van der Waals surface area contributed by atoms with Gasteiger partial charge in [-0.1, -0.05) is 17.7 Å². The molecule has 0 amide bonds. The molecule has 0 atom stereocenters. The second-order valence-corrected chi connectivity index (χ2v) is 3.83. The Hall–Kier alpha value is -1.31. The van der Waals surface area contributed by atoms with Crippen LogP contribution in [0, 0.1) is 20.8 Å². The monoisotopic (exact) mass is 191 g/mol. The van der Waals surface area contributed by atoms with Crippen molar-refractivity contribution in [2.75, 3.05) is 11.9 Å². The lowest BCUT2D eigenvalue weighted by molar-refractivity contribution is -0.115. The number of aryl methyl sites for hydroxylation is 3. The number of carbonyl (C=O) groups excluding carboxylic acids is 1. The molecule has 0 spiro atoms. The Balaban J connectivity index is 2.91. The SMILES string of the molecule is CC(=O)CNc1c(C)cc(C)cc1C. The molecule has 0 aliphatic rings. The highest BCUT2D eigenvalue weighted by Crippen LogP contribution is 2.21. The van der Waals surface area contributed by atoms with Gasteiger partial charge in [-0.25, -0.2) is 0 Å². The molecule has 2 heteroatoms. The van der Waals surface area contributed by atoms with Crippen molar-refractivity contribution in [2.45, 2.75) is 27.7 Å². The Labute approximate surface area is 85.3 Å². The first-order chi connectivity index (χ1) is 6.50. The van der Waals surface area contributed by atoms with E-state index in [1.807, 2.05) is 0 Å². The highest BCUT2D eigenvalue weighted by molar-refractivity contribution is 5.81. The van der Waals surface area contributed by atoms with Crippen LogP contribution in [0.15, 0.2) is 12.1 Å². The molecule has 0 saturated heterocycles. The van der Waals surface area contributed by atoms with E-state index in [0.29, 0.717) is 6.54 Å². The van der Waals surface area contributed by atoms with Crippen LogP contribution >= 0.6 is 0 Å². The maximum absolute atomic E-state index is 10.8. The minimum Gasteiger partial charge on any atom is -0.378 e. The van der Waals surface area contributed by atoms with Gasteiger partial charge in [-0.2, -0.15) is 0 Å². The lowest BCUT2D eigenvalue weighted by Crippen LogP contribution is -2.11. The minimum absolute atomic E-state index is 0.157. The lowest BCUT2D eigenvalue weighted by Gasteiger charge is -2.12. The summed E-state index contributed by atoms with van der Waals surface area (Å²) in [5, 5.41) is 3.16. The quantitative estimate of drug-likeness (QED) is 0.795. The third kappa shape index (κ3) is 2.59. The summed E-state index contributed by atoms with van der Waals surface area (Å²) >= 11 is 0. The van der Waals surface area contributed by atoms with Gasteiger partial charge < -0.3 is 5.32 Å². The van der Waals surface area contributed by atoms with Crippen LogP contribution in [-0.2, 0) is 4.79 Å². The molecule has 0 radical (unpaired) electrons. The van der Waals surface area contributed by atoms with Crippen LogP contribution in [0.3, 0.4) is 0 Å². The van der Waals surface area contributed by atoms with Crippen molar-refractivity contribution >= 4 is 11.5 Å². The van der Waals surface area contributed by atoms with E-state index in [2.05, 4.69) is 38.2 Å². The van der Waals surface area contributed by atoms with E-state index in [9.17, 15) is 4.79 Å². The van der Waals surface area contributed by atoms with Gasteiger partial charge in [0.15, 0.2) is 0 Å². The van der Waals surface area contributed by atoms with Crippen LogP contribution in [0.2, 0.25) is 0 Å². The number of hydrogen-bond acceptors (Lipinski definition) is 2. The van der Waals surface area contributed by atoms with Gasteiger partial charge in [-0.15, -0.1) is 0 Å². The molecule has 1 rings (SSSR count). The molecule has 0 bridgehead atoms. The number of nitrogens with one attached hydrogen (secondary N) is 1. The van der Waals surface area contributed by atoms with Gasteiger partial charge in [0.25, 0.3) is 0 Å². The fourth-order valence-corrected chi connectivity index (χ4v) is 1.67. The third-order valence-corrected chi connectivity index (χ3v) is 2.19. The van der Waals surface area contributed by atoms with Crippen molar-refractivity contribution in [3.63, 3.8) is 0 Å². The van der Waals surface area contributed by atoms with Gasteiger partial charge in [0.2, 0.25) is 0 Å². The van der Waals surface area contributed by atoms with Gasteiger partial charge >= 0.3 is 0 Å². The van der Waals surface area contributed by atoms with Crippen LogP contribution in [0.25, 0.3) is 0 Å². The van der Waals surface area contributed by atoms with Crippen LogP contribution in [0.5, 0.6) is 0 Å². The van der Waals surface area contributed by atoms with Crippen LogP contribution < -0.4 is 5.32 Å². The predicted molar refractivity (Wildman–Crippen MR) is 59.8 cm³/mol. The summed E-state index contributed by atoms with van der Waals surface area (Å²) in [7, 11) is 0. The Morgan fingerprint density at radius 1 is 1.21 bits per heavy atom. The largest absolute Gasteiger partial charge is 0.378 e. The average Bonchev–Trinajstić information content (AvgIpc) is 2.01. The molecule has 0 aliphatic carbocycles. The number of benzene rings is 1. The van der Waals surface area contributed by atoms with Gasteiger partial charge in [-0.05, 0) is 38.8 Å². The molecule has 0 heterocycles. The maximum atomic E-state index is 10.8. The fraction of sp³-hybridized carbons (Fsp3) is 0.417. The Morgan fingerprint density at radius 3 is 2.14 bits per heavy atom. The summed E-state index contributed by atoms with van der Waals surface area (Å²) in [4.78, 5) is 10.8. The highest BCUT2D eigenvalue weighted by Gasteiger charge is 2.03. The molecule has 1 aromatic carbocycles. The summed E-state index contributed by atoms with van der Waals surface area (Å²) in [6, 6.07) is 4.24. The van der Waals surface area contributed by atoms with Crippen molar-refractivity contribution in [1.82, 2.24) is 0 Å². The van der Waals surface area contributed by atoms with E-state index < -0.39 is 0 Å². The summed E-state index contributed by atoms with van der Waals surface area (Å²) in [6.45, 7) is 8.19. The first-order valence-electron chi connectivity index (χ1n) is 4.82. The Bertz CT molecular complexity index is 332. The summed E-state index contributed by atoms with van der Waals surface area (Å²) in [5.41, 5.74) is 4.74. The standard InChI is InChI=1S/C12H17NO/c1-8-5-9(2)12(10(3)6-8)13-7-11(4)14/h5-6,13H,7H2,1-4H3. The molecular weight excluding hydrogens is 174 g/mol. The zero-order valence-corrected chi connectivity index (χ0v) is 9.27. The Morgan fingerprint density at radius 2 is 1.71 bits per heavy atom. The van der Waals surface area contributed by atoms with Crippen molar-refractivity contribution in [3.05, 3.63) is 28.8 Å². The van der Waals surface area contributed by atoms with Crippen molar-refractivity contribution in [1.29, 1.82) is 0 Å². The second kappa shape index (κ2) is 4.27. The molecule has 0 saturated carbocycles. The van der Waals surface area contributed by atoms with E-state index in [0.717, 1.165) is 5.69 Å². The Kier molecular flexibility index (Phi) is 3.28. The zero-order valence-electron chi connectivity index (χ0n) is 9.27. The van der Waals surface area contributed by atoms with Crippen molar-refractivity contribution in [3.8, 4) is 0 Å². The molecule has 0 fully saturated rings. The molecule has 0 aromatic heterocycles. The van der Waals surface area contributed by atoms with Crippen molar-refractivity contribution < 1.29 is 4.79 Å². The predicted octanol–water partition coefficient (Wildman–Crippen LogP) is 2.61. The summed E-state index contributed by atoms with van der Waals surface area (Å²) < 4.78 is 0. The number of hydrogen-bond donors (Lipinski definition) is 1. The van der Waals surface area contributed by atoms with Crippen LogP contribution in [0.1, 0.15) is 23.6 Å².